The quantitative estimate of drug-likeness (QED) is 0.573. The third-order valence-electron chi connectivity index (χ3n) is 2.74. The molecule has 1 heterocycles. The van der Waals surface area contributed by atoms with Crippen LogP contribution in [0.25, 0.3) is 0 Å². The first-order valence-corrected chi connectivity index (χ1v) is 7.11. The predicted octanol–water partition coefficient (Wildman–Crippen LogP) is 3.03. The van der Waals surface area contributed by atoms with Crippen LogP contribution in [0.1, 0.15) is 40.0 Å². The van der Waals surface area contributed by atoms with E-state index in [1.165, 1.54) is 0 Å². The van der Waals surface area contributed by atoms with Crippen molar-refractivity contribution in [2.45, 2.75) is 51.7 Å². The van der Waals surface area contributed by atoms with Crippen LogP contribution in [0.3, 0.4) is 0 Å². The Kier molecular flexibility index (Phi) is 6.22. The van der Waals surface area contributed by atoms with Gasteiger partial charge in [0.1, 0.15) is 5.60 Å². The fourth-order valence-corrected chi connectivity index (χ4v) is 2.05. The second-order valence-electron chi connectivity index (χ2n) is 5.59. The molecule has 4 nitrogen and oxygen atoms in total. The van der Waals surface area contributed by atoms with Gasteiger partial charge in [0, 0.05) is 19.0 Å². The highest BCUT2D eigenvalue weighted by Gasteiger charge is 2.32. The molecule has 0 aromatic carbocycles. The minimum Gasteiger partial charge on any atom is -0.444 e. The SMILES string of the molecule is CC(C)(C)OC(=O)N1CCC[C@H]1COCCCCl. The van der Waals surface area contributed by atoms with Crippen LogP contribution >= 0.6 is 11.6 Å². The van der Waals surface area contributed by atoms with Gasteiger partial charge in [-0.2, -0.15) is 0 Å². The molecule has 0 aromatic heterocycles. The van der Waals surface area contributed by atoms with E-state index in [1.54, 1.807) is 4.90 Å². The summed E-state index contributed by atoms with van der Waals surface area (Å²) in [4.78, 5) is 13.8. The zero-order valence-electron chi connectivity index (χ0n) is 11.6. The summed E-state index contributed by atoms with van der Waals surface area (Å²) in [5.41, 5.74) is -0.441. The Morgan fingerprint density at radius 2 is 2.17 bits per heavy atom. The molecular weight excluding hydrogens is 254 g/mol. The van der Waals surface area contributed by atoms with E-state index in [2.05, 4.69) is 0 Å². The van der Waals surface area contributed by atoms with E-state index in [9.17, 15) is 4.79 Å². The van der Waals surface area contributed by atoms with Crippen molar-refractivity contribution in [1.82, 2.24) is 4.90 Å². The van der Waals surface area contributed by atoms with Gasteiger partial charge in [0.15, 0.2) is 0 Å². The standard InChI is InChI=1S/C13H24ClNO3/c1-13(2,3)18-12(16)15-8-4-6-11(15)10-17-9-5-7-14/h11H,4-10H2,1-3H3/t11-/m0/s1. The molecule has 0 radical (unpaired) electrons. The van der Waals surface area contributed by atoms with E-state index in [1.807, 2.05) is 20.8 Å². The number of hydrogen-bond donors (Lipinski definition) is 0. The summed E-state index contributed by atoms with van der Waals surface area (Å²) in [5.74, 6) is 0.612. The van der Waals surface area contributed by atoms with E-state index in [4.69, 9.17) is 21.1 Å². The van der Waals surface area contributed by atoms with Crippen LogP contribution in [0.5, 0.6) is 0 Å². The van der Waals surface area contributed by atoms with Gasteiger partial charge < -0.3 is 14.4 Å². The first-order valence-electron chi connectivity index (χ1n) is 6.57. The third-order valence-corrected chi connectivity index (χ3v) is 3.00. The molecule has 0 N–H and O–H groups in total. The average Bonchev–Trinajstić information content (AvgIpc) is 2.70. The fourth-order valence-electron chi connectivity index (χ4n) is 1.95. The molecule has 1 amide bonds. The van der Waals surface area contributed by atoms with Gasteiger partial charge >= 0.3 is 6.09 Å². The summed E-state index contributed by atoms with van der Waals surface area (Å²) < 4.78 is 10.9. The molecule has 0 saturated carbocycles. The number of halogens is 1. The van der Waals surface area contributed by atoms with Crippen molar-refractivity contribution in [3.63, 3.8) is 0 Å². The lowest BCUT2D eigenvalue weighted by Crippen LogP contribution is -2.41. The summed E-state index contributed by atoms with van der Waals surface area (Å²) in [6.45, 7) is 7.64. The lowest BCUT2D eigenvalue weighted by Gasteiger charge is -2.28. The highest BCUT2D eigenvalue weighted by atomic mass is 35.5. The van der Waals surface area contributed by atoms with Gasteiger partial charge in [0.2, 0.25) is 0 Å². The second kappa shape index (κ2) is 7.19. The number of carbonyl (C=O) groups is 1. The molecule has 18 heavy (non-hydrogen) atoms. The number of likely N-dealkylation sites (tertiary alicyclic amines) is 1. The van der Waals surface area contributed by atoms with Gasteiger partial charge in [-0.1, -0.05) is 0 Å². The van der Waals surface area contributed by atoms with Crippen molar-refractivity contribution in [2.24, 2.45) is 0 Å². The summed E-state index contributed by atoms with van der Waals surface area (Å²) in [7, 11) is 0. The van der Waals surface area contributed by atoms with E-state index in [0.717, 1.165) is 25.8 Å². The van der Waals surface area contributed by atoms with Gasteiger partial charge in [0.25, 0.3) is 0 Å². The Bertz CT molecular complexity index is 265. The Morgan fingerprint density at radius 3 is 2.78 bits per heavy atom. The second-order valence-corrected chi connectivity index (χ2v) is 5.97. The number of carbonyl (C=O) groups excluding carboxylic acids is 1. The number of ether oxygens (including phenoxy) is 2. The van der Waals surface area contributed by atoms with Crippen molar-refractivity contribution in [1.29, 1.82) is 0 Å². The van der Waals surface area contributed by atoms with E-state index >= 15 is 0 Å². The highest BCUT2D eigenvalue weighted by Crippen LogP contribution is 2.21. The normalized spacial score (nSPS) is 20.2. The molecule has 0 aliphatic carbocycles. The minimum absolute atomic E-state index is 0.148. The Labute approximate surface area is 115 Å². The van der Waals surface area contributed by atoms with Crippen molar-refractivity contribution < 1.29 is 14.3 Å². The van der Waals surface area contributed by atoms with E-state index in [-0.39, 0.29) is 12.1 Å². The minimum atomic E-state index is -0.441. The van der Waals surface area contributed by atoms with Gasteiger partial charge in [0.05, 0.1) is 12.6 Å². The number of hydrogen-bond acceptors (Lipinski definition) is 3. The molecule has 0 unspecified atom stereocenters. The lowest BCUT2D eigenvalue weighted by atomic mass is 10.2. The van der Waals surface area contributed by atoms with Gasteiger partial charge in [-0.05, 0) is 40.0 Å². The summed E-state index contributed by atoms with van der Waals surface area (Å²) in [5, 5.41) is 0. The average molecular weight is 278 g/mol. The largest absolute Gasteiger partial charge is 0.444 e. The zero-order chi connectivity index (χ0) is 13.6. The molecule has 106 valence electrons. The number of amides is 1. The van der Waals surface area contributed by atoms with Crippen LogP contribution in [0.2, 0.25) is 0 Å². The molecule has 1 saturated heterocycles. The molecule has 1 atom stereocenters. The van der Waals surface area contributed by atoms with Gasteiger partial charge in [-0.25, -0.2) is 4.79 Å². The summed E-state index contributed by atoms with van der Waals surface area (Å²) in [6, 6.07) is 0.148. The van der Waals surface area contributed by atoms with Crippen LogP contribution in [0.4, 0.5) is 4.79 Å². The predicted molar refractivity (Wildman–Crippen MR) is 72.1 cm³/mol. The summed E-state index contributed by atoms with van der Waals surface area (Å²) in [6.07, 6.45) is 2.62. The molecule has 1 aliphatic heterocycles. The maximum absolute atomic E-state index is 12.0. The molecule has 5 heteroatoms. The number of nitrogens with zero attached hydrogens (tertiary/aromatic N) is 1. The topological polar surface area (TPSA) is 38.8 Å². The van der Waals surface area contributed by atoms with Crippen LogP contribution in [0.15, 0.2) is 0 Å². The Balaban J connectivity index is 2.36. The van der Waals surface area contributed by atoms with Crippen molar-refractivity contribution in [3.05, 3.63) is 0 Å². The Hall–Kier alpha value is -0.480. The first kappa shape index (κ1) is 15.6. The van der Waals surface area contributed by atoms with Gasteiger partial charge in [-0.15, -0.1) is 11.6 Å². The molecule has 0 aromatic rings. The fraction of sp³-hybridized carbons (Fsp3) is 0.923. The maximum Gasteiger partial charge on any atom is 0.410 e. The zero-order valence-corrected chi connectivity index (χ0v) is 12.3. The number of rotatable bonds is 5. The lowest BCUT2D eigenvalue weighted by molar-refractivity contribution is 0.0107. The van der Waals surface area contributed by atoms with E-state index in [0.29, 0.717) is 19.1 Å². The highest BCUT2D eigenvalue weighted by molar-refractivity contribution is 6.17. The monoisotopic (exact) mass is 277 g/mol. The smallest absolute Gasteiger partial charge is 0.410 e. The molecule has 0 spiro atoms. The van der Waals surface area contributed by atoms with Crippen LogP contribution in [-0.2, 0) is 9.47 Å². The maximum atomic E-state index is 12.0. The number of alkyl halides is 1. The molecule has 1 fully saturated rings. The third kappa shape index (κ3) is 5.44. The molecule has 1 aliphatic rings. The Morgan fingerprint density at radius 1 is 1.44 bits per heavy atom. The molecular formula is C13H24ClNO3. The van der Waals surface area contributed by atoms with Crippen LogP contribution in [-0.4, -0.2) is 48.3 Å². The molecule has 1 rings (SSSR count). The first-order chi connectivity index (χ1) is 8.44. The van der Waals surface area contributed by atoms with Crippen molar-refractivity contribution in [2.75, 3.05) is 25.6 Å². The van der Waals surface area contributed by atoms with Crippen molar-refractivity contribution in [3.8, 4) is 0 Å². The molecule has 0 bridgehead atoms. The van der Waals surface area contributed by atoms with Crippen molar-refractivity contribution >= 4 is 17.7 Å². The van der Waals surface area contributed by atoms with E-state index < -0.39 is 5.60 Å². The van der Waals surface area contributed by atoms with Gasteiger partial charge in [-0.3, -0.25) is 0 Å². The van der Waals surface area contributed by atoms with Crippen LogP contribution < -0.4 is 0 Å². The summed E-state index contributed by atoms with van der Waals surface area (Å²) >= 11 is 5.58. The van der Waals surface area contributed by atoms with Crippen LogP contribution in [0, 0.1) is 0 Å².